The molecule has 0 saturated heterocycles. The van der Waals surface area contributed by atoms with E-state index in [0.29, 0.717) is 32.8 Å². The molecule has 0 radical (unpaired) electrons. The van der Waals surface area contributed by atoms with Crippen molar-refractivity contribution in [3.8, 4) is 11.5 Å². The van der Waals surface area contributed by atoms with Gasteiger partial charge < -0.3 is 14.8 Å². The zero-order valence-electron chi connectivity index (χ0n) is 13.0. The molecule has 23 heavy (non-hydrogen) atoms. The molecule has 0 aliphatic heterocycles. The Hall–Kier alpha value is -1.91. The normalized spacial score (nSPS) is 10.5. The van der Waals surface area contributed by atoms with Crippen LogP contribution in [0.4, 0.5) is 5.69 Å². The number of benzene rings is 2. The van der Waals surface area contributed by atoms with Crippen LogP contribution in [0.5, 0.6) is 11.5 Å². The molecule has 2 aromatic rings. The Labute approximate surface area is 145 Å². The van der Waals surface area contributed by atoms with Crippen molar-refractivity contribution in [1.82, 2.24) is 0 Å². The molecule has 2 rings (SSSR count). The molecule has 0 spiro atoms. The molecule has 4 nitrogen and oxygen atoms in total. The van der Waals surface area contributed by atoms with Gasteiger partial charge in [-0.15, -0.1) is 0 Å². The number of ether oxygens (including phenoxy) is 2. The zero-order chi connectivity index (χ0) is 17.0. The van der Waals surface area contributed by atoms with Gasteiger partial charge in [0.2, 0.25) is 0 Å². The molecule has 0 bridgehead atoms. The van der Waals surface area contributed by atoms with Crippen molar-refractivity contribution in [3.63, 3.8) is 0 Å². The highest BCUT2D eigenvalue weighted by Crippen LogP contribution is 2.35. The second-order valence-electron chi connectivity index (χ2n) is 5.12. The number of amides is 1. The van der Waals surface area contributed by atoms with Crippen molar-refractivity contribution in [1.29, 1.82) is 0 Å². The van der Waals surface area contributed by atoms with E-state index in [1.165, 1.54) is 0 Å². The summed E-state index contributed by atoms with van der Waals surface area (Å²) in [5.74, 6) is 0.763. The Balaban J connectivity index is 2.26. The van der Waals surface area contributed by atoms with Crippen molar-refractivity contribution < 1.29 is 14.3 Å². The largest absolute Gasteiger partial charge is 0.497 e. The van der Waals surface area contributed by atoms with E-state index in [2.05, 4.69) is 5.32 Å². The molecule has 0 aliphatic rings. The van der Waals surface area contributed by atoms with Gasteiger partial charge in [-0.25, -0.2) is 0 Å². The molecule has 0 saturated carbocycles. The van der Waals surface area contributed by atoms with Gasteiger partial charge in [-0.3, -0.25) is 4.79 Å². The van der Waals surface area contributed by atoms with E-state index in [0.717, 1.165) is 0 Å². The lowest BCUT2D eigenvalue weighted by atomic mass is 10.2. The molecular weight excluding hydrogens is 337 g/mol. The van der Waals surface area contributed by atoms with Gasteiger partial charge in [0, 0.05) is 11.6 Å². The number of nitrogens with one attached hydrogen (secondary N) is 1. The van der Waals surface area contributed by atoms with E-state index < -0.39 is 0 Å². The minimum atomic E-state index is -0.302. The van der Waals surface area contributed by atoms with E-state index in [-0.39, 0.29) is 12.0 Å². The van der Waals surface area contributed by atoms with Crippen LogP contribution in [0.1, 0.15) is 24.2 Å². The Bertz CT molecular complexity index is 717. The number of methoxy groups -OCH3 is 1. The number of hydrogen-bond donors (Lipinski definition) is 1. The van der Waals surface area contributed by atoms with E-state index in [1.54, 1.807) is 43.5 Å². The molecule has 0 fully saturated rings. The standard InChI is InChI=1S/C17H17Cl2NO3/c1-10(2)23-16-9-15(13(18)8-14(16)19)20-17(21)11-5-4-6-12(7-11)22-3/h4-10H,1-3H3,(H,20,21). The van der Waals surface area contributed by atoms with Crippen LogP contribution in [0.3, 0.4) is 0 Å². The summed E-state index contributed by atoms with van der Waals surface area (Å²) in [6.07, 6.45) is -0.0457. The molecule has 0 heterocycles. The lowest BCUT2D eigenvalue weighted by Gasteiger charge is -2.14. The fraction of sp³-hybridized carbons (Fsp3) is 0.235. The predicted molar refractivity (Wildman–Crippen MR) is 93.2 cm³/mol. The Morgan fingerprint density at radius 1 is 1.13 bits per heavy atom. The molecule has 1 amide bonds. The van der Waals surface area contributed by atoms with E-state index in [9.17, 15) is 4.79 Å². The second kappa shape index (κ2) is 7.57. The second-order valence-corrected chi connectivity index (χ2v) is 5.93. The van der Waals surface area contributed by atoms with Gasteiger partial charge in [0.15, 0.2) is 0 Å². The van der Waals surface area contributed by atoms with Crippen LogP contribution in [-0.4, -0.2) is 19.1 Å². The average Bonchev–Trinajstić information content (AvgIpc) is 2.51. The molecule has 0 aliphatic carbocycles. The highest BCUT2D eigenvalue weighted by atomic mass is 35.5. The summed E-state index contributed by atoms with van der Waals surface area (Å²) in [6.45, 7) is 3.78. The number of carbonyl (C=O) groups is 1. The van der Waals surface area contributed by atoms with Crippen LogP contribution in [0.2, 0.25) is 10.0 Å². The Morgan fingerprint density at radius 2 is 1.87 bits per heavy atom. The molecule has 2 aromatic carbocycles. The van der Waals surface area contributed by atoms with Crippen LogP contribution in [0.25, 0.3) is 0 Å². The first-order valence-electron chi connectivity index (χ1n) is 7.02. The van der Waals surface area contributed by atoms with E-state index >= 15 is 0 Å². The summed E-state index contributed by atoms with van der Waals surface area (Å²) in [4.78, 5) is 12.4. The number of carbonyl (C=O) groups excluding carboxylic acids is 1. The molecule has 6 heteroatoms. The first-order chi connectivity index (χ1) is 10.9. The van der Waals surface area contributed by atoms with Gasteiger partial charge in [0.1, 0.15) is 11.5 Å². The zero-order valence-corrected chi connectivity index (χ0v) is 14.5. The van der Waals surface area contributed by atoms with Crippen molar-refractivity contribution in [2.24, 2.45) is 0 Å². The van der Waals surface area contributed by atoms with Crippen molar-refractivity contribution in [2.75, 3.05) is 12.4 Å². The van der Waals surface area contributed by atoms with Crippen LogP contribution < -0.4 is 14.8 Å². The third kappa shape index (κ3) is 4.53. The first-order valence-corrected chi connectivity index (χ1v) is 7.77. The topological polar surface area (TPSA) is 47.6 Å². The summed E-state index contributed by atoms with van der Waals surface area (Å²) >= 11 is 12.2. The SMILES string of the molecule is COc1cccc(C(=O)Nc2cc(OC(C)C)c(Cl)cc2Cl)c1. The van der Waals surface area contributed by atoms with Crippen LogP contribution in [-0.2, 0) is 0 Å². The fourth-order valence-corrected chi connectivity index (χ4v) is 2.40. The van der Waals surface area contributed by atoms with Gasteiger partial charge >= 0.3 is 0 Å². The Morgan fingerprint density at radius 3 is 2.52 bits per heavy atom. The van der Waals surface area contributed by atoms with Crippen LogP contribution >= 0.6 is 23.2 Å². The van der Waals surface area contributed by atoms with Crippen molar-refractivity contribution >= 4 is 34.8 Å². The average molecular weight is 354 g/mol. The summed E-state index contributed by atoms with van der Waals surface area (Å²) < 4.78 is 10.7. The molecule has 0 unspecified atom stereocenters. The maximum absolute atomic E-state index is 12.4. The molecule has 0 atom stereocenters. The van der Waals surface area contributed by atoms with Gasteiger partial charge in [-0.2, -0.15) is 0 Å². The smallest absolute Gasteiger partial charge is 0.255 e. The van der Waals surface area contributed by atoms with Crippen LogP contribution in [0, 0.1) is 0 Å². The third-order valence-corrected chi connectivity index (χ3v) is 3.57. The lowest BCUT2D eigenvalue weighted by Crippen LogP contribution is -2.13. The third-order valence-electron chi connectivity index (χ3n) is 2.96. The van der Waals surface area contributed by atoms with Gasteiger partial charge in [-0.05, 0) is 38.1 Å². The quantitative estimate of drug-likeness (QED) is 0.818. The molecule has 0 aromatic heterocycles. The van der Waals surface area contributed by atoms with Crippen molar-refractivity contribution in [2.45, 2.75) is 20.0 Å². The van der Waals surface area contributed by atoms with Gasteiger partial charge in [-0.1, -0.05) is 29.3 Å². The molecular formula is C17H17Cl2NO3. The van der Waals surface area contributed by atoms with E-state index in [1.807, 2.05) is 13.8 Å². The number of hydrogen-bond acceptors (Lipinski definition) is 3. The molecule has 122 valence electrons. The number of rotatable bonds is 5. The Kier molecular flexibility index (Phi) is 5.74. The monoisotopic (exact) mass is 353 g/mol. The minimum absolute atomic E-state index is 0.0457. The summed E-state index contributed by atoms with van der Waals surface area (Å²) in [5, 5.41) is 3.48. The number of anilines is 1. The summed E-state index contributed by atoms with van der Waals surface area (Å²) in [7, 11) is 1.54. The number of halogens is 2. The fourth-order valence-electron chi connectivity index (χ4n) is 1.93. The summed E-state index contributed by atoms with van der Waals surface area (Å²) in [6, 6.07) is 9.99. The summed E-state index contributed by atoms with van der Waals surface area (Å²) in [5.41, 5.74) is 0.890. The lowest BCUT2D eigenvalue weighted by molar-refractivity contribution is 0.102. The van der Waals surface area contributed by atoms with Crippen molar-refractivity contribution in [3.05, 3.63) is 52.0 Å². The van der Waals surface area contributed by atoms with Crippen LogP contribution in [0.15, 0.2) is 36.4 Å². The maximum atomic E-state index is 12.4. The maximum Gasteiger partial charge on any atom is 0.255 e. The highest BCUT2D eigenvalue weighted by Gasteiger charge is 2.13. The first kappa shape index (κ1) is 17.4. The molecule has 1 N–H and O–H groups in total. The van der Waals surface area contributed by atoms with Gasteiger partial charge in [0.05, 0.1) is 28.9 Å². The van der Waals surface area contributed by atoms with Gasteiger partial charge in [0.25, 0.3) is 5.91 Å². The highest BCUT2D eigenvalue weighted by molar-refractivity contribution is 6.37. The predicted octanol–water partition coefficient (Wildman–Crippen LogP) is 5.04. The minimum Gasteiger partial charge on any atom is -0.497 e. The van der Waals surface area contributed by atoms with E-state index in [4.69, 9.17) is 32.7 Å².